The van der Waals surface area contributed by atoms with Crippen molar-refractivity contribution in [3.05, 3.63) is 58.7 Å². The maximum absolute atomic E-state index is 13.6. The summed E-state index contributed by atoms with van der Waals surface area (Å²) in [4.78, 5) is -0.240. The molecule has 1 N–H and O–H groups in total. The van der Waals surface area contributed by atoms with Crippen LogP contribution in [0.15, 0.2) is 29.2 Å². The molecule has 2 aromatic carbocycles. The summed E-state index contributed by atoms with van der Waals surface area (Å²) in [5.74, 6) is -7.02. The van der Waals surface area contributed by atoms with Crippen molar-refractivity contribution >= 4 is 15.7 Å². The lowest BCUT2D eigenvalue weighted by atomic mass is 10.2. The van der Waals surface area contributed by atoms with Crippen LogP contribution in [0.25, 0.3) is 0 Å². The van der Waals surface area contributed by atoms with Crippen LogP contribution in [-0.4, -0.2) is 8.42 Å². The first-order chi connectivity index (χ1) is 10.1. The minimum Gasteiger partial charge on any atom is -0.274 e. The van der Waals surface area contributed by atoms with Gasteiger partial charge in [0.2, 0.25) is 0 Å². The third kappa shape index (κ3) is 2.92. The molecule has 8 heteroatoms. The molecule has 0 saturated carbocycles. The number of hydrogen-bond donors (Lipinski definition) is 1. The first-order valence-corrected chi connectivity index (χ1v) is 7.55. The van der Waals surface area contributed by atoms with Crippen molar-refractivity contribution in [2.45, 2.75) is 18.7 Å². The molecule has 0 aliphatic rings. The number of benzene rings is 2. The summed E-state index contributed by atoms with van der Waals surface area (Å²) in [6.45, 7) is 3.11. The lowest BCUT2D eigenvalue weighted by Crippen LogP contribution is -2.17. The fraction of sp³-hybridized carbons (Fsp3) is 0.143. The molecule has 0 aliphatic heterocycles. The van der Waals surface area contributed by atoms with Gasteiger partial charge in [-0.15, -0.1) is 0 Å². The molecule has 118 valence electrons. The predicted molar refractivity (Wildman–Crippen MR) is 73.0 cm³/mol. The summed E-state index contributed by atoms with van der Waals surface area (Å²) >= 11 is 0. The fourth-order valence-electron chi connectivity index (χ4n) is 1.85. The largest absolute Gasteiger partial charge is 0.274 e. The van der Waals surface area contributed by atoms with E-state index in [-0.39, 0.29) is 11.0 Å². The van der Waals surface area contributed by atoms with Gasteiger partial charge in [-0.2, -0.15) is 0 Å². The molecule has 2 aromatic rings. The standard InChI is InChI=1S/C14H11F4NO2S/c1-7-3-4-8(2)11(5-7)22(20,21)19-14-12(17)9(15)6-10(16)13(14)18/h3-6,19H,1-2H3. The molecule has 0 heterocycles. The van der Waals surface area contributed by atoms with Crippen LogP contribution < -0.4 is 4.72 Å². The van der Waals surface area contributed by atoms with E-state index in [1.165, 1.54) is 19.1 Å². The first kappa shape index (κ1) is 16.3. The molecule has 0 fully saturated rings. The average Bonchev–Trinajstić information content (AvgIpc) is 2.44. The van der Waals surface area contributed by atoms with E-state index >= 15 is 0 Å². The molecular weight excluding hydrogens is 322 g/mol. The quantitative estimate of drug-likeness (QED) is 0.688. The zero-order chi connectivity index (χ0) is 16.7. The third-order valence-electron chi connectivity index (χ3n) is 2.98. The highest BCUT2D eigenvalue weighted by atomic mass is 32.2. The van der Waals surface area contributed by atoms with Crippen LogP contribution >= 0.6 is 0 Å². The highest BCUT2D eigenvalue weighted by Crippen LogP contribution is 2.27. The maximum Gasteiger partial charge on any atom is 0.262 e. The van der Waals surface area contributed by atoms with E-state index < -0.39 is 39.0 Å². The van der Waals surface area contributed by atoms with Crippen molar-refractivity contribution in [3.8, 4) is 0 Å². The summed E-state index contributed by atoms with van der Waals surface area (Å²) < 4.78 is 79.4. The Hall–Kier alpha value is -2.09. The van der Waals surface area contributed by atoms with Gasteiger partial charge in [-0.25, -0.2) is 26.0 Å². The van der Waals surface area contributed by atoms with Gasteiger partial charge < -0.3 is 0 Å². The summed E-state index contributed by atoms with van der Waals surface area (Å²) in [6, 6.07) is 4.43. The minimum absolute atomic E-state index is 0.000378. The Balaban J connectivity index is 2.57. The van der Waals surface area contributed by atoms with Crippen LogP contribution in [0.3, 0.4) is 0 Å². The van der Waals surface area contributed by atoms with Crippen LogP contribution in [0.5, 0.6) is 0 Å². The van der Waals surface area contributed by atoms with Gasteiger partial charge in [-0.05, 0) is 31.0 Å². The second-order valence-corrected chi connectivity index (χ2v) is 6.37. The van der Waals surface area contributed by atoms with E-state index in [1.807, 2.05) is 0 Å². The van der Waals surface area contributed by atoms with Crippen molar-refractivity contribution in [2.24, 2.45) is 0 Å². The van der Waals surface area contributed by atoms with E-state index in [0.717, 1.165) is 0 Å². The highest BCUT2D eigenvalue weighted by molar-refractivity contribution is 7.92. The molecular formula is C14H11F4NO2S. The summed E-state index contributed by atoms with van der Waals surface area (Å²) in [5.41, 5.74) is -0.480. The summed E-state index contributed by atoms with van der Waals surface area (Å²) in [6.07, 6.45) is 0. The van der Waals surface area contributed by atoms with Gasteiger partial charge in [0.05, 0.1) is 4.90 Å². The van der Waals surface area contributed by atoms with Crippen molar-refractivity contribution in [1.29, 1.82) is 0 Å². The van der Waals surface area contributed by atoms with Crippen molar-refractivity contribution in [1.82, 2.24) is 0 Å². The smallest absolute Gasteiger partial charge is 0.262 e. The number of rotatable bonds is 3. The monoisotopic (exact) mass is 333 g/mol. The van der Waals surface area contributed by atoms with Crippen molar-refractivity contribution in [2.75, 3.05) is 4.72 Å². The number of halogens is 4. The molecule has 0 aliphatic carbocycles. The molecule has 0 amide bonds. The summed E-state index contributed by atoms with van der Waals surface area (Å²) in [7, 11) is -4.41. The lowest BCUT2D eigenvalue weighted by Gasteiger charge is -2.13. The van der Waals surface area contributed by atoms with Crippen LogP contribution in [0, 0.1) is 37.1 Å². The van der Waals surface area contributed by atoms with Crippen LogP contribution in [0.1, 0.15) is 11.1 Å². The molecule has 0 spiro atoms. The van der Waals surface area contributed by atoms with E-state index in [1.54, 1.807) is 17.7 Å². The second kappa shape index (κ2) is 5.60. The van der Waals surface area contributed by atoms with E-state index in [4.69, 9.17) is 0 Å². The normalized spacial score (nSPS) is 11.5. The van der Waals surface area contributed by atoms with Gasteiger partial charge in [0, 0.05) is 6.07 Å². The second-order valence-electron chi connectivity index (χ2n) is 4.72. The Labute approximate surface area is 124 Å². The molecule has 3 nitrogen and oxygen atoms in total. The van der Waals surface area contributed by atoms with Gasteiger partial charge in [-0.3, -0.25) is 4.72 Å². The number of anilines is 1. The minimum atomic E-state index is -4.41. The number of aryl methyl sites for hydroxylation is 2. The zero-order valence-electron chi connectivity index (χ0n) is 11.5. The molecule has 0 atom stereocenters. The Morgan fingerprint density at radius 3 is 2.00 bits per heavy atom. The molecule has 0 unspecified atom stereocenters. The van der Waals surface area contributed by atoms with Gasteiger partial charge in [-0.1, -0.05) is 12.1 Å². The maximum atomic E-state index is 13.6. The first-order valence-electron chi connectivity index (χ1n) is 6.06. The topological polar surface area (TPSA) is 46.2 Å². The van der Waals surface area contributed by atoms with Gasteiger partial charge >= 0.3 is 0 Å². The van der Waals surface area contributed by atoms with E-state index in [9.17, 15) is 26.0 Å². The molecule has 0 radical (unpaired) electrons. The van der Waals surface area contributed by atoms with Crippen molar-refractivity contribution in [3.63, 3.8) is 0 Å². The van der Waals surface area contributed by atoms with Gasteiger partial charge in [0.1, 0.15) is 5.69 Å². The molecule has 0 aromatic heterocycles. The fourth-order valence-corrected chi connectivity index (χ4v) is 3.24. The van der Waals surface area contributed by atoms with Gasteiger partial charge in [0.15, 0.2) is 23.3 Å². The Morgan fingerprint density at radius 1 is 0.909 bits per heavy atom. The lowest BCUT2D eigenvalue weighted by molar-refractivity contribution is 0.459. The SMILES string of the molecule is Cc1ccc(C)c(S(=O)(=O)Nc2c(F)c(F)cc(F)c2F)c1. The Morgan fingerprint density at radius 2 is 1.45 bits per heavy atom. The van der Waals surface area contributed by atoms with E-state index in [2.05, 4.69) is 0 Å². The highest BCUT2D eigenvalue weighted by Gasteiger charge is 2.25. The van der Waals surface area contributed by atoms with Gasteiger partial charge in [0.25, 0.3) is 10.0 Å². The van der Waals surface area contributed by atoms with E-state index in [0.29, 0.717) is 11.1 Å². The van der Waals surface area contributed by atoms with Crippen LogP contribution in [0.2, 0.25) is 0 Å². The molecule has 2 rings (SSSR count). The summed E-state index contributed by atoms with van der Waals surface area (Å²) in [5, 5.41) is 0. The molecule has 0 saturated heterocycles. The number of hydrogen-bond acceptors (Lipinski definition) is 2. The average molecular weight is 333 g/mol. The molecule has 22 heavy (non-hydrogen) atoms. The third-order valence-corrected chi connectivity index (χ3v) is 4.47. The van der Waals surface area contributed by atoms with Crippen molar-refractivity contribution < 1.29 is 26.0 Å². The number of sulfonamides is 1. The zero-order valence-corrected chi connectivity index (χ0v) is 12.4. The Bertz CT molecular complexity index is 824. The molecule has 0 bridgehead atoms. The van der Waals surface area contributed by atoms with Crippen LogP contribution in [-0.2, 0) is 10.0 Å². The van der Waals surface area contributed by atoms with Crippen LogP contribution in [0.4, 0.5) is 23.2 Å². The number of nitrogens with one attached hydrogen (secondary N) is 1. The predicted octanol–water partition coefficient (Wildman–Crippen LogP) is 3.66. The Kier molecular flexibility index (Phi) is 4.15.